The number of nitrogens with zero attached hydrogens (tertiary/aromatic N) is 1. The minimum Gasteiger partial charge on any atom is -0.491 e. The molecule has 6 heteroatoms. The molecule has 3 rings (SSSR count). The molecule has 0 aromatic heterocycles. The van der Waals surface area contributed by atoms with E-state index in [-0.39, 0.29) is 24.8 Å². The summed E-state index contributed by atoms with van der Waals surface area (Å²) in [7, 11) is 0. The zero-order chi connectivity index (χ0) is 17.5. The monoisotopic (exact) mass is 340 g/mol. The largest absolute Gasteiger partial charge is 0.491 e. The summed E-state index contributed by atoms with van der Waals surface area (Å²) in [6.07, 6.45) is 0.185. The highest BCUT2D eigenvalue weighted by Gasteiger charge is 2.35. The van der Waals surface area contributed by atoms with Crippen molar-refractivity contribution in [3.63, 3.8) is 0 Å². The molecule has 1 unspecified atom stereocenters. The van der Waals surface area contributed by atoms with Crippen molar-refractivity contribution in [3.05, 3.63) is 60.7 Å². The van der Waals surface area contributed by atoms with Crippen molar-refractivity contribution in [2.24, 2.45) is 5.92 Å². The van der Waals surface area contributed by atoms with E-state index in [2.05, 4.69) is 5.48 Å². The second kappa shape index (κ2) is 8.30. The molecule has 25 heavy (non-hydrogen) atoms. The summed E-state index contributed by atoms with van der Waals surface area (Å²) >= 11 is 0. The van der Waals surface area contributed by atoms with Crippen molar-refractivity contribution in [2.45, 2.75) is 6.42 Å². The summed E-state index contributed by atoms with van der Waals surface area (Å²) in [5, 5.41) is 0. The number of anilines is 1. The number of nitrogens with one attached hydrogen (secondary N) is 1. The first kappa shape index (κ1) is 17.0. The third-order valence-corrected chi connectivity index (χ3v) is 3.93. The van der Waals surface area contributed by atoms with Crippen LogP contribution in [-0.2, 0) is 14.4 Å². The van der Waals surface area contributed by atoms with Gasteiger partial charge in [-0.3, -0.25) is 14.4 Å². The van der Waals surface area contributed by atoms with E-state index in [1.54, 1.807) is 4.90 Å². The van der Waals surface area contributed by atoms with E-state index in [0.717, 1.165) is 11.4 Å². The van der Waals surface area contributed by atoms with Gasteiger partial charge < -0.3 is 9.64 Å². The molecule has 2 amide bonds. The van der Waals surface area contributed by atoms with Gasteiger partial charge in [0.05, 0.1) is 5.92 Å². The van der Waals surface area contributed by atoms with Gasteiger partial charge in [-0.2, -0.15) is 0 Å². The van der Waals surface area contributed by atoms with Gasteiger partial charge in [0, 0.05) is 18.7 Å². The van der Waals surface area contributed by atoms with Gasteiger partial charge in [0.15, 0.2) is 0 Å². The Morgan fingerprint density at radius 2 is 1.72 bits per heavy atom. The summed E-state index contributed by atoms with van der Waals surface area (Å²) in [5.41, 5.74) is 3.21. The Kier molecular flexibility index (Phi) is 5.64. The smallest absolute Gasteiger partial charge is 0.248 e. The highest BCUT2D eigenvalue weighted by atomic mass is 16.7. The van der Waals surface area contributed by atoms with Crippen LogP contribution in [-0.4, -0.2) is 31.6 Å². The summed E-state index contributed by atoms with van der Waals surface area (Å²) in [4.78, 5) is 31.0. The molecule has 0 radical (unpaired) electrons. The van der Waals surface area contributed by atoms with Crippen LogP contribution in [0.1, 0.15) is 6.42 Å². The Morgan fingerprint density at radius 3 is 2.44 bits per heavy atom. The molecule has 1 aliphatic heterocycles. The molecular formula is C19H20N2O4. The SMILES string of the molecule is O=C(NOCCOc1ccccc1)C1CC(=O)N(c2ccccc2)C1. The Morgan fingerprint density at radius 1 is 1.04 bits per heavy atom. The number of carbonyl (C=O) groups excluding carboxylic acids is 2. The Hall–Kier alpha value is -2.86. The fourth-order valence-corrected chi connectivity index (χ4v) is 2.66. The predicted octanol–water partition coefficient (Wildman–Crippen LogP) is 2.17. The standard InChI is InChI=1S/C19H20N2O4/c22-18-13-15(14-21(18)16-7-3-1-4-8-16)19(23)20-25-12-11-24-17-9-5-2-6-10-17/h1-10,15H,11-14H2,(H,20,23). The third kappa shape index (κ3) is 4.58. The molecule has 1 atom stereocenters. The normalized spacial score (nSPS) is 16.7. The van der Waals surface area contributed by atoms with Crippen LogP contribution in [0.5, 0.6) is 5.75 Å². The van der Waals surface area contributed by atoms with E-state index in [4.69, 9.17) is 9.57 Å². The van der Waals surface area contributed by atoms with Gasteiger partial charge in [0.25, 0.3) is 0 Å². The number of hydrogen-bond acceptors (Lipinski definition) is 4. The van der Waals surface area contributed by atoms with E-state index in [1.807, 2.05) is 60.7 Å². The number of amides is 2. The van der Waals surface area contributed by atoms with Crippen molar-refractivity contribution < 1.29 is 19.2 Å². The molecule has 1 heterocycles. The van der Waals surface area contributed by atoms with E-state index in [1.165, 1.54) is 0 Å². The molecular weight excluding hydrogens is 320 g/mol. The molecule has 1 saturated heterocycles. The maximum absolute atomic E-state index is 12.1. The molecule has 0 saturated carbocycles. The van der Waals surface area contributed by atoms with Gasteiger partial charge >= 0.3 is 0 Å². The maximum atomic E-state index is 12.1. The van der Waals surface area contributed by atoms with Crippen LogP contribution < -0.4 is 15.1 Å². The first-order chi connectivity index (χ1) is 12.2. The van der Waals surface area contributed by atoms with E-state index >= 15 is 0 Å². The molecule has 130 valence electrons. The lowest BCUT2D eigenvalue weighted by Crippen LogP contribution is -2.34. The second-order valence-electron chi connectivity index (χ2n) is 5.72. The van der Waals surface area contributed by atoms with Crippen molar-refractivity contribution in [1.29, 1.82) is 0 Å². The van der Waals surface area contributed by atoms with Gasteiger partial charge in [0.1, 0.15) is 19.0 Å². The molecule has 1 N–H and O–H groups in total. The van der Waals surface area contributed by atoms with Gasteiger partial charge in [-0.15, -0.1) is 0 Å². The van der Waals surface area contributed by atoms with Gasteiger partial charge in [0.2, 0.25) is 11.8 Å². The van der Waals surface area contributed by atoms with Crippen molar-refractivity contribution >= 4 is 17.5 Å². The second-order valence-corrected chi connectivity index (χ2v) is 5.72. The minimum atomic E-state index is -0.414. The average Bonchev–Trinajstić information content (AvgIpc) is 3.05. The first-order valence-corrected chi connectivity index (χ1v) is 8.19. The fourth-order valence-electron chi connectivity index (χ4n) is 2.66. The fraction of sp³-hybridized carbons (Fsp3) is 0.263. The van der Waals surface area contributed by atoms with Crippen molar-refractivity contribution in [1.82, 2.24) is 5.48 Å². The number of ether oxygens (including phenoxy) is 1. The molecule has 6 nitrogen and oxygen atoms in total. The van der Waals surface area contributed by atoms with Crippen LogP contribution in [0, 0.1) is 5.92 Å². The number of benzene rings is 2. The number of hydroxylamine groups is 1. The maximum Gasteiger partial charge on any atom is 0.248 e. The minimum absolute atomic E-state index is 0.0567. The first-order valence-electron chi connectivity index (χ1n) is 8.19. The molecule has 1 fully saturated rings. The molecule has 2 aromatic rings. The summed E-state index contributed by atoms with van der Waals surface area (Å²) in [6, 6.07) is 18.7. The molecule has 2 aromatic carbocycles. The highest BCUT2D eigenvalue weighted by molar-refractivity contribution is 6.00. The zero-order valence-corrected chi connectivity index (χ0v) is 13.8. The lowest BCUT2D eigenvalue weighted by atomic mass is 10.1. The van der Waals surface area contributed by atoms with Gasteiger partial charge in [-0.1, -0.05) is 36.4 Å². The van der Waals surface area contributed by atoms with Gasteiger partial charge in [-0.25, -0.2) is 5.48 Å². The van der Waals surface area contributed by atoms with E-state index < -0.39 is 5.92 Å². The van der Waals surface area contributed by atoms with Crippen LogP contribution in [0.15, 0.2) is 60.7 Å². The third-order valence-electron chi connectivity index (χ3n) is 3.93. The Bertz CT molecular complexity index is 706. The Balaban J connectivity index is 1.39. The van der Waals surface area contributed by atoms with Crippen molar-refractivity contribution in [2.75, 3.05) is 24.7 Å². The quantitative estimate of drug-likeness (QED) is 0.620. The van der Waals surface area contributed by atoms with Crippen LogP contribution in [0.2, 0.25) is 0 Å². The summed E-state index contributed by atoms with van der Waals surface area (Å²) < 4.78 is 5.47. The number of para-hydroxylation sites is 2. The topological polar surface area (TPSA) is 67.9 Å². The van der Waals surface area contributed by atoms with E-state index in [9.17, 15) is 9.59 Å². The average molecular weight is 340 g/mol. The van der Waals surface area contributed by atoms with Crippen LogP contribution in [0.4, 0.5) is 5.69 Å². The summed E-state index contributed by atoms with van der Waals surface area (Å²) in [5.74, 6) is -0.00896. The zero-order valence-electron chi connectivity index (χ0n) is 13.8. The number of hydrogen-bond donors (Lipinski definition) is 1. The molecule has 0 aliphatic carbocycles. The predicted molar refractivity (Wildman–Crippen MR) is 92.9 cm³/mol. The lowest BCUT2D eigenvalue weighted by Gasteiger charge is -2.16. The van der Waals surface area contributed by atoms with Gasteiger partial charge in [-0.05, 0) is 24.3 Å². The van der Waals surface area contributed by atoms with Crippen LogP contribution in [0.25, 0.3) is 0 Å². The van der Waals surface area contributed by atoms with Crippen molar-refractivity contribution in [3.8, 4) is 5.75 Å². The molecule has 0 bridgehead atoms. The van der Waals surface area contributed by atoms with Crippen LogP contribution in [0.3, 0.4) is 0 Å². The molecule has 0 spiro atoms. The van der Waals surface area contributed by atoms with E-state index in [0.29, 0.717) is 13.2 Å². The lowest BCUT2D eigenvalue weighted by molar-refractivity contribution is -0.138. The Labute approximate surface area is 146 Å². The highest BCUT2D eigenvalue weighted by Crippen LogP contribution is 2.24. The summed E-state index contributed by atoms with van der Waals surface area (Å²) in [6.45, 7) is 0.909. The molecule has 1 aliphatic rings. The number of rotatable bonds is 7. The van der Waals surface area contributed by atoms with Crippen LogP contribution >= 0.6 is 0 Å². The number of carbonyl (C=O) groups is 2.